The molecule has 0 unspecified atom stereocenters. The number of aryl methyl sites for hydroxylation is 2. The lowest BCUT2D eigenvalue weighted by Gasteiger charge is -2.25. The van der Waals surface area contributed by atoms with Crippen LogP contribution in [0.1, 0.15) is 97.3 Å². The van der Waals surface area contributed by atoms with Gasteiger partial charge < -0.3 is 5.11 Å². The topological polar surface area (TPSA) is 50.9 Å². The van der Waals surface area contributed by atoms with Crippen molar-refractivity contribution in [1.29, 1.82) is 0 Å². The van der Waals surface area contributed by atoms with Crippen molar-refractivity contribution in [2.75, 3.05) is 0 Å². The van der Waals surface area contributed by atoms with Gasteiger partial charge in [0.1, 0.15) is 11.6 Å². The first-order chi connectivity index (χ1) is 30.4. The van der Waals surface area contributed by atoms with Crippen LogP contribution in [0.4, 0.5) is 0 Å². The minimum atomic E-state index is -0.974. The largest absolute Gasteiger partial charge is 0.507 e. The fourth-order valence-corrected chi connectivity index (χ4v) is 8.10. The van der Waals surface area contributed by atoms with Gasteiger partial charge in [0.15, 0.2) is 0 Å². The maximum atomic E-state index is 11.8. The van der Waals surface area contributed by atoms with Crippen LogP contribution in [0.3, 0.4) is 0 Å². The molecule has 0 saturated heterocycles. The number of hydrogen-bond donors (Lipinski definition) is 1. The molecule has 0 aliphatic heterocycles. The van der Waals surface area contributed by atoms with Crippen molar-refractivity contribution in [1.82, 2.24) is 14.5 Å². The van der Waals surface area contributed by atoms with Gasteiger partial charge in [0, 0.05) is 24.4 Å². The zero-order valence-corrected chi connectivity index (χ0v) is 35.7. The number of benzene rings is 6. The lowest BCUT2D eigenvalue weighted by atomic mass is 9.80. The predicted molar refractivity (Wildman–Crippen MR) is 249 cm³/mol. The Bertz CT molecular complexity index is 3170. The zero-order chi connectivity index (χ0) is 47.1. The van der Waals surface area contributed by atoms with Gasteiger partial charge in [-0.1, -0.05) is 140 Å². The van der Waals surface area contributed by atoms with Crippen LogP contribution in [0, 0.1) is 13.8 Å². The van der Waals surface area contributed by atoms with Gasteiger partial charge in [-0.15, -0.1) is 0 Å². The third kappa shape index (κ3) is 7.60. The van der Waals surface area contributed by atoms with Gasteiger partial charge in [0.05, 0.1) is 29.1 Å². The minimum absolute atomic E-state index is 0.118. The molecule has 2 aromatic heterocycles. The second-order valence-corrected chi connectivity index (χ2v) is 17.9. The summed E-state index contributed by atoms with van der Waals surface area (Å²) in [5.74, 6) is -0.265. The van der Waals surface area contributed by atoms with Gasteiger partial charge >= 0.3 is 0 Å². The van der Waals surface area contributed by atoms with Crippen molar-refractivity contribution in [3.63, 3.8) is 0 Å². The van der Waals surface area contributed by atoms with E-state index in [1.165, 1.54) is 5.56 Å². The first-order valence-corrected chi connectivity index (χ1v) is 20.2. The molecule has 0 saturated carbocycles. The second kappa shape index (κ2) is 15.2. The monoisotopic (exact) mass is 779 g/mol. The lowest BCUT2D eigenvalue weighted by molar-refractivity contribution is 0.472. The van der Waals surface area contributed by atoms with Gasteiger partial charge in [-0.2, -0.15) is 0 Å². The SMILES string of the molecule is [2H]c1c([2H])c([2H])c(-c2ccnc(-c3cc(-c4cccc5c4nc(-c4cc(C)cc(C)c4O)n5-c4ccc(-c5ccccc5C(C)(C)C)c(C([2H])(C)C)c4)cc(C(C)(C)C)c3)c2)c([2H])c1[2H]. The van der Waals surface area contributed by atoms with Crippen LogP contribution in [-0.2, 0) is 10.8 Å². The van der Waals surface area contributed by atoms with E-state index in [-0.39, 0.29) is 46.3 Å². The standard InChI is InChI=1S/C55H55N3O/c1-34(2)46-33-42(23-24-44(46)45-19-14-15-21-48(45)55(8,9)10)58-50-22-16-20-43(51(50)57-53(58)47-28-35(3)27-36(4)52(47)59)39-29-40(31-41(30-39)54(5,6)7)49-32-38(25-26-56-49)37-17-12-11-13-18-37/h11-34,59H,1-10H3/i11D,12D,13D,17D,18D,34D. The molecule has 0 spiro atoms. The highest BCUT2D eigenvalue weighted by Gasteiger charge is 2.25. The summed E-state index contributed by atoms with van der Waals surface area (Å²) in [5, 5.41) is 11.8. The van der Waals surface area contributed by atoms with Crippen molar-refractivity contribution in [3.8, 4) is 67.5 Å². The maximum absolute atomic E-state index is 11.8. The van der Waals surface area contributed by atoms with Crippen molar-refractivity contribution in [2.24, 2.45) is 0 Å². The number of fused-ring (bicyclic) bond motifs is 1. The normalized spacial score (nSPS) is 13.7. The highest BCUT2D eigenvalue weighted by Crippen LogP contribution is 2.43. The molecule has 0 amide bonds. The fraction of sp³-hybridized carbons (Fsp3) is 0.236. The number of phenolic OH excluding ortho intramolecular Hbond substituents is 1. The number of nitrogens with zero attached hydrogens (tertiary/aromatic N) is 3. The Balaban J connectivity index is 1.39. The first kappa shape index (κ1) is 32.7. The van der Waals surface area contributed by atoms with E-state index in [2.05, 4.69) is 113 Å². The van der Waals surface area contributed by atoms with Crippen LogP contribution in [0.15, 0.2) is 140 Å². The van der Waals surface area contributed by atoms with E-state index >= 15 is 0 Å². The molecule has 2 heterocycles. The highest BCUT2D eigenvalue weighted by molar-refractivity contribution is 5.97. The number of aromatic hydroxyl groups is 1. The summed E-state index contributed by atoms with van der Waals surface area (Å²) < 4.78 is 53.7. The Hall–Kier alpha value is -6.26. The number of hydrogen-bond acceptors (Lipinski definition) is 3. The van der Waals surface area contributed by atoms with Crippen LogP contribution < -0.4 is 0 Å². The van der Waals surface area contributed by atoms with E-state index in [0.717, 1.165) is 61.3 Å². The fourth-order valence-electron chi connectivity index (χ4n) is 8.10. The Kier molecular flexibility index (Phi) is 8.39. The smallest absolute Gasteiger partial charge is 0.149 e. The Morgan fingerprint density at radius 3 is 2.12 bits per heavy atom. The molecule has 0 aliphatic carbocycles. The number of imidazole rings is 1. The number of pyridine rings is 1. The molecule has 6 aromatic carbocycles. The first-order valence-electron chi connectivity index (χ1n) is 23.2. The summed E-state index contributed by atoms with van der Waals surface area (Å²) in [4.78, 5) is 10.2. The van der Waals surface area contributed by atoms with Crippen molar-refractivity contribution in [3.05, 3.63) is 167 Å². The van der Waals surface area contributed by atoms with Crippen molar-refractivity contribution < 1.29 is 13.3 Å². The van der Waals surface area contributed by atoms with Crippen LogP contribution >= 0.6 is 0 Å². The summed E-state index contributed by atoms with van der Waals surface area (Å²) in [6.07, 6.45) is 1.61. The van der Waals surface area contributed by atoms with E-state index < -0.39 is 11.9 Å². The Morgan fingerprint density at radius 2 is 1.39 bits per heavy atom. The average molecular weight is 780 g/mol. The highest BCUT2D eigenvalue weighted by atomic mass is 16.3. The van der Waals surface area contributed by atoms with E-state index in [1.807, 2.05) is 52.0 Å². The molecule has 59 heavy (non-hydrogen) atoms. The molecule has 8 rings (SSSR count). The van der Waals surface area contributed by atoms with Gasteiger partial charge in [-0.3, -0.25) is 9.55 Å². The van der Waals surface area contributed by atoms with E-state index in [1.54, 1.807) is 18.3 Å². The number of aromatic nitrogens is 3. The summed E-state index contributed by atoms with van der Waals surface area (Å²) in [7, 11) is 0. The molecule has 0 aliphatic rings. The van der Waals surface area contributed by atoms with Crippen LogP contribution in [0.2, 0.25) is 0 Å². The third-order valence-corrected chi connectivity index (χ3v) is 11.2. The minimum Gasteiger partial charge on any atom is -0.507 e. The quantitative estimate of drug-likeness (QED) is 0.175. The van der Waals surface area contributed by atoms with Crippen LogP contribution in [0.25, 0.3) is 72.7 Å². The number of para-hydroxylation sites is 1. The summed E-state index contributed by atoms with van der Waals surface area (Å²) in [6.45, 7) is 20.8. The number of rotatable bonds is 7. The molecule has 4 heteroatoms. The molecule has 0 fully saturated rings. The summed E-state index contributed by atoms with van der Waals surface area (Å²) in [6, 6.07) is 32.8. The maximum Gasteiger partial charge on any atom is 0.149 e. The summed E-state index contributed by atoms with van der Waals surface area (Å²) >= 11 is 0. The van der Waals surface area contributed by atoms with Crippen molar-refractivity contribution in [2.45, 2.75) is 86.0 Å². The second-order valence-electron chi connectivity index (χ2n) is 17.9. The van der Waals surface area contributed by atoms with E-state index in [9.17, 15) is 6.48 Å². The molecule has 296 valence electrons. The molecule has 0 atom stereocenters. The molecule has 1 N–H and O–H groups in total. The molecule has 0 radical (unpaired) electrons. The summed E-state index contributed by atoms with van der Waals surface area (Å²) in [5.41, 5.74) is 13.1. The Labute approximate surface area is 358 Å². The number of phenols is 1. The van der Waals surface area contributed by atoms with Gasteiger partial charge in [0.2, 0.25) is 0 Å². The zero-order valence-electron chi connectivity index (χ0n) is 41.7. The van der Waals surface area contributed by atoms with Gasteiger partial charge in [0.25, 0.3) is 0 Å². The van der Waals surface area contributed by atoms with Crippen LogP contribution in [0.5, 0.6) is 5.75 Å². The van der Waals surface area contributed by atoms with E-state index in [0.29, 0.717) is 28.2 Å². The molecule has 4 nitrogen and oxygen atoms in total. The predicted octanol–water partition coefficient (Wildman–Crippen LogP) is 14.8. The third-order valence-electron chi connectivity index (χ3n) is 11.2. The molecular formula is C55H55N3O. The Morgan fingerprint density at radius 1 is 0.661 bits per heavy atom. The molecular weight excluding hydrogens is 719 g/mol. The lowest BCUT2D eigenvalue weighted by Crippen LogP contribution is -2.13. The van der Waals surface area contributed by atoms with Crippen LogP contribution in [-0.4, -0.2) is 19.6 Å². The van der Waals surface area contributed by atoms with E-state index in [4.69, 9.17) is 16.8 Å². The average Bonchev–Trinajstić information content (AvgIpc) is 3.65. The molecule has 8 aromatic rings. The molecule has 0 bridgehead atoms. The van der Waals surface area contributed by atoms with Gasteiger partial charge in [-0.05, 0) is 135 Å². The van der Waals surface area contributed by atoms with Crippen molar-refractivity contribution >= 4 is 11.0 Å². The van der Waals surface area contributed by atoms with Gasteiger partial charge in [-0.25, -0.2) is 4.98 Å².